The molecular formula is C12H15ClN2O2. The maximum atomic E-state index is 12.2. The number of amides is 1. The summed E-state index contributed by atoms with van der Waals surface area (Å²) in [6.07, 6.45) is 1.78. The number of likely N-dealkylation sites (tertiary alicyclic amines) is 1. The summed E-state index contributed by atoms with van der Waals surface area (Å²) >= 11 is 5.89. The number of aliphatic hydroxyl groups is 1. The Labute approximate surface area is 105 Å². The van der Waals surface area contributed by atoms with Gasteiger partial charge in [0, 0.05) is 12.1 Å². The van der Waals surface area contributed by atoms with Crippen molar-refractivity contribution in [2.75, 3.05) is 18.9 Å². The van der Waals surface area contributed by atoms with E-state index in [2.05, 4.69) is 0 Å². The van der Waals surface area contributed by atoms with Crippen LogP contribution in [0.5, 0.6) is 0 Å². The van der Waals surface area contributed by atoms with E-state index in [1.54, 1.807) is 23.1 Å². The largest absolute Gasteiger partial charge is 0.398 e. The minimum atomic E-state index is -0.0940. The molecule has 3 N–H and O–H groups in total. The van der Waals surface area contributed by atoms with Gasteiger partial charge in [0.1, 0.15) is 0 Å². The predicted molar refractivity (Wildman–Crippen MR) is 67.0 cm³/mol. The second-order valence-corrected chi connectivity index (χ2v) is 4.62. The third kappa shape index (κ3) is 2.37. The van der Waals surface area contributed by atoms with Gasteiger partial charge in [0.05, 0.1) is 23.4 Å². The Kier molecular flexibility index (Phi) is 3.54. The minimum absolute atomic E-state index is 0.00838. The molecule has 1 heterocycles. The second kappa shape index (κ2) is 4.94. The fourth-order valence-electron chi connectivity index (χ4n) is 2.12. The summed E-state index contributed by atoms with van der Waals surface area (Å²) in [6.45, 7) is 0.695. The van der Waals surface area contributed by atoms with E-state index in [0.717, 1.165) is 12.8 Å². The van der Waals surface area contributed by atoms with Gasteiger partial charge in [-0.1, -0.05) is 11.6 Å². The molecule has 0 bridgehead atoms. The van der Waals surface area contributed by atoms with Gasteiger partial charge in [-0.25, -0.2) is 0 Å². The molecule has 17 heavy (non-hydrogen) atoms. The summed E-state index contributed by atoms with van der Waals surface area (Å²) < 4.78 is 0. The number of benzene rings is 1. The molecule has 0 spiro atoms. The number of aliphatic hydroxyl groups excluding tert-OH is 1. The molecule has 1 aromatic carbocycles. The predicted octanol–water partition coefficient (Wildman–Crippen LogP) is 1.52. The van der Waals surface area contributed by atoms with Crippen LogP contribution in [0.3, 0.4) is 0 Å². The molecule has 0 aliphatic carbocycles. The van der Waals surface area contributed by atoms with Crippen molar-refractivity contribution in [3.8, 4) is 0 Å². The van der Waals surface area contributed by atoms with Crippen LogP contribution >= 0.6 is 11.6 Å². The molecular weight excluding hydrogens is 240 g/mol. The van der Waals surface area contributed by atoms with E-state index in [1.165, 1.54) is 0 Å². The van der Waals surface area contributed by atoms with Crippen molar-refractivity contribution in [2.45, 2.75) is 18.9 Å². The van der Waals surface area contributed by atoms with Crippen LogP contribution in [0.4, 0.5) is 5.69 Å². The van der Waals surface area contributed by atoms with Gasteiger partial charge in [-0.3, -0.25) is 4.79 Å². The van der Waals surface area contributed by atoms with Gasteiger partial charge in [-0.2, -0.15) is 0 Å². The monoisotopic (exact) mass is 254 g/mol. The molecule has 1 saturated heterocycles. The third-order valence-corrected chi connectivity index (χ3v) is 3.42. The summed E-state index contributed by atoms with van der Waals surface area (Å²) in [5.74, 6) is -0.0940. The number of hydrogen-bond acceptors (Lipinski definition) is 3. The van der Waals surface area contributed by atoms with Crippen LogP contribution in [0.15, 0.2) is 18.2 Å². The van der Waals surface area contributed by atoms with Gasteiger partial charge in [0.25, 0.3) is 5.91 Å². The molecule has 0 saturated carbocycles. The van der Waals surface area contributed by atoms with Gasteiger partial charge < -0.3 is 15.7 Å². The van der Waals surface area contributed by atoms with Crippen LogP contribution in [0.25, 0.3) is 0 Å². The minimum Gasteiger partial charge on any atom is -0.398 e. The van der Waals surface area contributed by atoms with Crippen LogP contribution in [-0.2, 0) is 0 Å². The van der Waals surface area contributed by atoms with Crippen LogP contribution in [0, 0.1) is 0 Å². The first-order valence-corrected chi connectivity index (χ1v) is 5.98. The van der Waals surface area contributed by atoms with Crippen LogP contribution < -0.4 is 5.73 Å². The smallest absolute Gasteiger partial charge is 0.254 e. The first-order chi connectivity index (χ1) is 8.13. The molecule has 92 valence electrons. The molecule has 2 rings (SSSR count). The lowest BCUT2D eigenvalue weighted by Crippen LogP contribution is -2.37. The number of halogens is 1. The molecule has 1 aliphatic heterocycles. The highest BCUT2D eigenvalue weighted by Gasteiger charge is 2.28. The van der Waals surface area contributed by atoms with E-state index in [4.69, 9.17) is 17.3 Å². The van der Waals surface area contributed by atoms with Crippen molar-refractivity contribution in [1.29, 1.82) is 0 Å². The van der Waals surface area contributed by atoms with Gasteiger partial charge >= 0.3 is 0 Å². The fraction of sp³-hybridized carbons (Fsp3) is 0.417. The van der Waals surface area contributed by atoms with Gasteiger partial charge in [-0.05, 0) is 31.0 Å². The zero-order chi connectivity index (χ0) is 12.4. The van der Waals surface area contributed by atoms with Crippen molar-refractivity contribution in [3.63, 3.8) is 0 Å². The molecule has 0 radical (unpaired) electrons. The Morgan fingerprint density at radius 2 is 2.35 bits per heavy atom. The highest BCUT2D eigenvalue weighted by Crippen LogP contribution is 2.24. The summed E-state index contributed by atoms with van der Waals surface area (Å²) in [6, 6.07) is 4.79. The van der Waals surface area contributed by atoms with Gasteiger partial charge in [0.2, 0.25) is 0 Å². The molecule has 1 aliphatic rings. The van der Waals surface area contributed by atoms with Crippen LogP contribution in [0.1, 0.15) is 23.2 Å². The topological polar surface area (TPSA) is 66.6 Å². The summed E-state index contributed by atoms with van der Waals surface area (Å²) in [7, 11) is 0. The second-order valence-electron chi connectivity index (χ2n) is 4.21. The summed E-state index contributed by atoms with van der Waals surface area (Å²) in [4.78, 5) is 13.9. The number of carbonyl (C=O) groups excluding carboxylic acids is 1. The fourth-order valence-corrected chi connectivity index (χ4v) is 2.30. The van der Waals surface area contributed by atoms with E-state index in [0.29, 0.717) is 22.8 Å². The van der Waals surface area contributed by atoms with Crippen molar-refractivity contribution >= 4 is 23.2 Å². The molecule has 1 amide bonds. The first-order valence-electron chi connectivity index (χ1n) is 5.60. The molecule has 0 aromatic heterocycles. The van der Waals surface area contributed by atoms with Gasteiger partial charge in [0.15, 0.2) is 0 Å². The van der Waals surface area contributed by atoms with Crippen molar-refractivity contribution in [3.05, 3.63) is 28.8 Å². The molecule has 1 aromatic rings. The lowest BCUT2D eigenvalue weighted by molar-refractivity contribution is 0.0677. The molecule has 5 heteroatoms. The highest BCUT2D eigenvalue weighted by atomic mass is 35.5. The van der Waals surface area contributed by atoms with Crippen molar-refractivity contribution in [2.24, 2.45) is 0 Å². The van der Waals surface area contributed by atoms with E-state index in [-0.39, 0.29) is 18.6 Å². The number of rotatable bonds is 2. The highest BCUT2D eigenvalue weighted by molar-refractivity contribution is 6.33. The Morgan fingerprint density at radius 1 is 1.59 bits per heavy atom. The quantitative estimate of drug-likeness (QED) is 0.787. The number of nitrogens with zero attached hydrogens (tertiary/aromatic N) is 1. The average molecular weight is 255 g/mol. The normalized spacial score (nSPS) is 19.6. The number of nitrogen functional groups attached to an aromatic ring is 1. The van der Waals surface area contributed by atoms with E-state index < -0.39 is 0 Å². The molecule has 0 unspecified atom stereocenters. The lowest BCUT2D eigenvalue weighted by Gasteiger charge is -2.23. The maximum Gasteiger partial charge on any atom is 0.254 e. The zero-order valence-corrected chi connectivity index (χ0v) is 10.2. The van der Waals surface area contributed by atoms with Crippen LogP contribution in [0.2, 0.25) is 5.02 Å². The van der Waals surface area contributed by atoms with E-state index in [9.17, 15) is 9.90 Å². The molecule has 4 nitrogen and oxygen atoms in total. The van der Waals surface area contributed by atoms with E-state index >= 15 is 0 Å². The Morgan fingerprint density at radius 3 is 3.00 bits per heavy atom. The summed E-state index contributed by atoms with van der Waals surface area (Å²) in [5.41, 5.74) is 6.58. The Hall–Kier alpha value is -1.26. The van der Waals surface area contributed by atoms with E-state index in [1.807, 2.05) is 0 Å². The van der Waals surface area contributed by atoms with Crippen molar-refractivity contribution in [1.82, 2.24) is 4.90 Å². The zero-order valence-electron chi connectivity index (χ0n) is 9.40. The lowest BCUT2D eigenvalue weighted by atomic mass is 10.1. The number of nitrogens with two attached hydrogens (primary N) is 1. The number of anilines is 1. The SMILES string of the molecule is Nc1ccc(C(=O)N2CCC[C@H]2CO)cc1Cl. The maximum absolute atomic E-state index is 12.2. The first kappa shape index (κ1) is 12.2. The summed E-state index contributed by atoms with van der Waals surface area (Å²) in [5, 5.41) is 9.58. The average Bonchev–Trinajstić information content (AvgIpc) is 2.80. The van der Waals surface area contributed by atoms with Crippen LogP contribution in [-0.4, -0.2) is 35.1 Å². The third-order valence-electron chi connectivity index (χ3n) is 3.10. The number of hydrogen-bond donors (Lipinski definition) is 2. The number of carbonyl (C=O) groups is 1. The molecule has 1 fully saturated rings. The Bertz CT molecular complexity index is 437. The molecule has 1 atom stereocenters. The van der Waals surface area contributed by atoms with Crippen molar-refractivity contribution < 1.29 is 9.90 Å². The van der Waals surface area contributed by atoms with Gasteiger partial charge in [-0.15, -0.1) is 0 Å². The Balaban J connectivity index is 2.21. The standard InChI is InChI=1S/C12H15ClN2O2/c13-10-6-8(3-4-11(10)14)12(17)15-5-1-2-9(15)7-16/h3-4,6,9,16H,1-2,5,7,14H2/t9-/m0/s1.